The van der Waals surface area contributed by atoms with Crippen molar-refractivity contribution in [3.8, 4) is 5.69 Å². The van der Waals surface area contributed by atoms with Gasteiger partial charge in [0, 0.05) is 5.56 Å². The highest BCUT2D eigenvalue weighted by Gasteiger charge is 2.08. The van der Waals surface area contributed by atoms with Gasteiger partial charge in [-0.2, -0.15) is 15.0 Å². The second-order valence-corrected chi connectivity index (χ2v) is 2.89. The van der Waals surface area contributed by atoms with Gasteiger partial charge in [-0.05, 0) is 19.1 Å². The van der Waals surface area contributed by atoms with E-state index in [2.05, 4.69) is 10.2 Å². The minimum Gasteiger partial charge on any atom is -0.294 e. The summed E-state index contributed by atoms with van der Waals surface area (Å²) < 4.78 is 0. The van der Waals surface area contributed by atoms with Crippen molar-refractivity contribution in [1.82, 2.24) is 15.0 Å². The van der Waals surface area contributed by atoms with Gasteiger partial charge in [0.25, 0.3) is 0 Å². The number of carbonyl (C=O) groups is 1. The Bertz CT molecular complexity index is 448. The van der Waals surface area contributed by atoms with Gasteiger partial charge in [-0.25, -0.2) is 0 Å². The first-order valence-corrected chi connectivity index (χ1v) is 4.25. The van der Waals surface area contributed by atoms with Crippen LogP contribution in [-0.2, 0) is 0 Å². The van der Waals surface area contributed by atoms with Gasteiger partial charge < -0.3 is 0 Å². The predicted octanol–water partition coefficient (Wildman–Crippen LogP) is 1.47. The molecule has 2 aromatic rings. The Morgan fingerprint density at radius 3 is 2.50 bits per heavy atom. The minimum atomic E-state index is 0.0119. The largest absolute Gasteiger partial charge is 0.294 e. The molecule has 0 amide bonds. The molecule has 4 heteroatoms. The van der Waals surface area contributed by atoms with Crippen LogP contribution in [0.2, 0.25) is 0 Å². The summed E-state index contributed by atoms with van der Waals surface area (Å²) >= 11 is 0. The van der Waals surface area contributed by atoms with Gasteiger partial charge in [0.05, 0.1) is 18.1 Å². The normalized spacial score (nSPS) is 10.1. The molecule has 0 saturated carbocycles. The third kappa shape index (κ3) is 1.42. The van der Waals surface area contributed by atoms with Crippen molar-refractivity contribution in [2.75, 3.05) is 0 Å². The molecule has 0 saturated heterocycles. The summed E-state index contributed by atoms with van der Waals surface area (Å²) in [4.78, 5) is 12.7. The number of nitrogens with zero attached hydrogens (tertiary/aromatic N) is 3. The first-order valence-electron chi connectivity index (χ1n) is 4.25. The average Bonchev–Trinajstić information content (AvgIpc) is 2.70. The summed E-state index contributed by atoms with van der Waals surface area (Å²) in [7, 11) is 0. The maximum absolute atomic E-state index is 11.3. The van der Waals surface area contributed by atoms with Crippen molar-refractivity contribution in [3.05, 3.63) is 42.2 Å². The highest BCUT2D eigenvalue weighted by atomic mass is 16.1. The minimum absolute atomic E-state index is 0.0119. The molecule has 0 aliphatic heterocycles. The molecule has 0 radical (unpaired) electrons. The zero-order valence-corrected chi connectivity index (χ0v) is 7.71. The maximum atomic E-state index is 11.3. The first-order chi connectivity index (χ1) is 6.79. The lowest BCUT2D eigenvalue weighted by Gasteiger charge is -2.03. The average molecular weight is 187 g/mol. The van der Waals surface area contributed by atoms with Crippen LogP contribution >= 0.6 is 0 Å². The fourth-order valence-electron chi connectivity index (χ4n) is 1.29. The van der Waals surface area contributed by atoms with Gasteiger partial charge in [-0.1, -0.05) is 12.1 Å². The van der Waals surface area contributed by atoms with Gasteiger partial charge in [0.2, 0.25) is 0 Å². The topological polar surface area (TPSA) is 47.8 Å². The fourth-order valence-corrected chi connectivity index (χ4v) is 1.29. The second kappa shape index (κ2) is 3.41. The maximum Gasteiger partial charge on any atom is 0.162 e. The van der Waals surface area contributed by atoms with Crippen molar-refractivity contribution in [2.24, 2.45) is 0 Å². The van der Waals surface area contributed by atoms with E-state index in [9.17, 15) is 4.79 Å². The Labute approximate surface area is 81.2 Å². The van der Waals surface area contributed by atoms with Crippen LogP contribution in [0, 0.1) is 0 Å². The Morgan fingerprint density at radius 1 is 1.21 bits per heavy atom. The van der Waals surface area contributed by atoms with Crippen molar-refractivity contribution < 1.29 is 4.79 Å². The molecule has 14 heavy (non-hydrogen) atoms. The number of benzene rings is 1. The highest BCUT2D eigenvalue weighted by molar-refractivity contribution is 5.97. The molecule has 0 aliphatic carbocycles. The van der Waals surface area contributed by atoms with Crippen molar-refractivity contribution in [2.45, 2.75) is 6.92 Å². The van der Waals surface area contributed by atoms with Crippen molar-refractivity contribution >= 4 is 5.78 Å². The molecule has 4 nitrogen and oxygen atoms in total. The Morgan fingerprint density at radius 2 is 1.86 bits per heavy atom. The third-order valence-corrected chi connectivity index (χ3v) is 1.92. The monoisotopic (exact) mass is 187 g/mol. The molecule has 0 N–H and O–H groups in total. The van der Waals surface area contributed by atoms with Gasteiger partial charge >= 0.3 is 0 Å². The summed E-state index contributed by atoms with van der Waals surface area (Å²) in [5.41, 5.74) is 1.34. The SMILES string of the molecule is CC(=O)c1ccccc1-n1nccn1. The lowest BCUT2D eigenvalue weighted by Crippen LogP contribution is -2.05. The van der Waals surface area contributed by atoms with Gasteiger partial charge in [0.1, 0.15) is 0 Å². The van der Waals surface area contributed by atoms with E-state index in [1.54, 1.807) is 18.5 Å². The summed E-state index contributed by atoms with van der Waals surface area (Å²) in [5.74, 6) is 0.0119. The molecule has 1 aromatic heterocycles. The van der Waals surface area contributed by atoms with E-state index in [4.69, 9.17) is 0 Å². The number of ketones is 1. The van der Waals surface area contributed by atoms with Crippen LogP contribution in [0.1, 0.15) is 17.3 Å². The van der Waals surface area contributed by atoms with Gasteiger partial charge in [-0.3, -0.25) is 4.79 Å². The van der Waals surface area contributed by atoms with Crippen LogP contribution < -0.4 is 0 Å². The number of aromatic nitrogens is 3. The summed E-state index contributed by atoms with van der Waals surface area (Å²) in [5, 5.41) is 7.97. The predicted molar refractivity (Wildman–Crippen MR) is 51.4 cm³/mol. The summed E-state index contributed by atoms with van der Waals surface area (Å²) in [6, 6.07) is 7.26. The number of hydrogen-bond acceptors (Lipinski definition) is 3. The second-order valence-electron chi connectivity index (χ2n) is 2.89. The number of Topliss-reactive ketones (excluding diaryl/α,β-unsaturated/α-hetero) is 1. The Hall–Kier alpha value is -1.97. The first kappa shape index (κ1) is 8.62. The Kier molecular flexibility index (Phi) is 2.10. The number of hydrogen-bond donors (Lipinski definition) is 0. The van der Waals surface area contributed by atoms with E-state index in [1.807, 2.05) is 18.2 Å². The molecule has 0 bridgehead atoms. The molecule has 1 aromatic carbocycles. The molecular formula is C10H9N3O. The van der Waals surface area contributed by atoms with Crippen LogP contribution in [0.4, 0.5) is 0 Å². The molecule has 1 heterocycles. The number of para-hydroxylation sites is 1. The molecule has 0 atom stereocenters. The molecule has 70 valence electrons. The highest BCUT2D eigenvalue weighted by Crippen LogP contribution is 2.12. The van der Waals surface area contributed by atoms with E-state index in [-0.39, 0.29) is 5.78 Å². The molecule has 0 aliphatic rings. The summed E-state index contributed by atoms with van der Waals surface area (Å²) in [6.07, 6.45) is 3.16. The zero-order chi connectivity index (χ0) is 9.97. The lowest BCUT2D eigenvalue weighted by atomic mass is 10.1. The van der Waals surface area contributed by atoms with Crippen LogP contribution in [0.25, 0.3) is 5.69 Å². The standard InChI is InChI=1S/C10H9N3O/c1-8(14)9-4-2-3-5-10(9)13-11-6-7-12-13/h2-7H,1H3. The van der Waals surface area contributed by atoms with E-state index in [0.717, 1.165) is 0 Å². The van der Waals surface area contributed by atoms with Crippen LogP contribution in [0.15, 0.2) is 36.7 Å². The molecular weight excluding hydrogens is 178 g/mol. The number of carbonyl (C=O) groups excluding carboxylic acids is 1. The quantitative estimate of drug-likeness (QED) is 0.669. The van der Waals surface area contributed by atoms with Crippen LogP contribution in [0.5, 0.6) is 0 Å². The van der Waals surface area contributed by atoms with E-state index >= 15 is 0 Å². The van der Waals surface area contributed by atoms with E-state index < -0.39 is 0 Å². The zero-order valence-electron chi connectivity index (χ0n) is 7.71. The van der Waals surface area contributed by atoms with E-state index in [1.165, 1.54) is 11.7 Å². The fraction of sp³-hybridized carbons (Fsp3) is 0.100. The Balaban J connectivity index is 2.58. The molecule has 0 unspecified atom stereocenters. The van der Waals surface area contributed by atoms with Crippen LogP contribution in [-0.4, -0.2) is 20.8 Å². The lowest BCUT2D eigenvalue weighted by molar-refractivity contribution is 0.101. The smallest absolute Gasteiger partial charge is 0.162 e. The summed E-state index contributed by atoms with van der Waals surface area (Å²) in [6.45, 7) is 1.53. The van der Waals surface area contributed by atoms with Gasteiger partial charge in [0.15, 0.2) is 5.78 Å². The van der Waals surface area contributed by atoms with Crippen LogP contribution in [0.3, 0.4) is 0 Å². The molecule has 2 rings (SSSR count). The molecule has 0 spiro atoms. The third-order valence-electron chi connectivity index (χ3n) is 1.92. The van der Waals surface area contributed by atoms with Crippen molar-refractivity contribution in [1.29, 1.82) is 0 Å². The van der Waals surface area contributed by atoms with Gasteiger partial charge in [-0.15, -0.1) is 0 Å². The molecule has 0 fully saturated rings. The van der Waals surface area contributed by atoms with E-state index in [0.29, 0.717) is 11.3 Å². The van der Waals surface area contributed by atoms with Crippen molar-refractivity contribution in [3.63, 3.8) is 0 Å². The number of rotatable bonds is 2.